The number of anilines is 1. The van der Waals surface area contributed by atoms with E-state index in [2.05, 4.69) is 0 Å². The summed E-state index contributed by atoms with van der Waals surface area (Å²) in [6.45, 7) is 7.29. The van der Waals surface area contributed by atoms with Gasteiger partial charge in [0.1, 0.15) is 5.75 Å². The number of methoxy groups -OCH3 is 1. The lowest BCUT2D eigenvalue weighted by atomic mass is 9.98. The van der Waals surface area contributed by atoms with Crippen LogP contribution in [0.2, 0.25) is 0 Å². The highest BCUT2D eigenvalue weighted by atomic mass is 16.7. The highest BCUT2D eigenvalue weighted by molar-refractivity contribution is 5.99. The van der Waals surface area contributed by atoms with Crippen molar-refractivity contribution in [1.29, 1.82) is 0 Å². The van der Waals surface area contributed by atoms with Crippen molar-refractivity contribution in [3.8, 4) is 5.75 Å². The van der Waals surface area contributed by atoms with Gasteiger partial charge in [-0.1, -0.05) is 0 Å². The second-order valence-electron chi connectivity index (χ2n) is 6.80. The van der Waals surface area contributed by atoms with Crippen molar-refractivity contribution >= 4 is 17.6 Å². The molecular weight excluding hydrogens is 310 g/mol. The standard InChI is InChI=1S/C17H25N3O4/c1-17(2,3)16(22)24-20-9-7-19(8-10-20)15(21)13-11-12(23-4)5-6-14(13)18/h5-6,11H,7-10,18H2,1-4H3. The summed E-state index contributed by atoms with van der Waals surface area (Å²) in [5, 5.41) is 1.60. The van der Waals surface area contributed by atoms with Gasteiger partial charge in [-0.05, 0) is 39.0 Å². The molecule has 1 heterocycles. The Bertz CT molecular complexity index is 617. The second-order valence-corrected chi connectivity index (χ2v) is 6.80. The number of carbonyl (C=O) groups excluding carboxylic acids is 2. The van der Waals surface area contributed by atoms with Gasteiger partial charge in [0.25, 0.3) is 5.91 Å². The molecule has 7 nitrogen and oxygen atoms in total. The summed E-state index contributed by atoms with van der Waals surface area (Å²) in [6.07, 6.45) is 0. The Morgan fingerprint density at radius 1 is 1.12 bits per heavy atom. The molecule has 1 amide bonds. The van der Waals surface area contributed by atoms with Crippen LogP contribution in [0.15, 0.2) is 18.2 Å². The SMILES string of the molecule is COc1ccc(N)c(C(=O)N2CCN(OC(=O)C(C)(C)C)CC2)c1. The average molecular weight is 335 g/mol. The lowest BCUT2D eigenvalue weighted by Gasteiger charge is -2.34. The largest absolute Gasteiger partial charge is 0.497 e. The number of rotatable bonds is 3. The van der Waals surface area contributed by atoms with Crippen LogP contribution in [0.4, 0.5) is 5.69 Å². The van der Waals surface area contributed by atoms with Crippen LogP contribution >= 0.6 is 0 Å². The van der Waals surface area contributed by atoms with E-state index in [0.717, 1.165) is 0 Å². The maximum Gasteiger partial charge on any atom is 0.330 e. The van der Waals surface area contributed by atoms with Crippen molar-refractivity contribution in [2.24, 2.45) is 5.41 Å². The summed E-state index contributed by atoms with van der Waals surface area (Å²) in [5.74, 6) is 0.165. The first-order chi connectivity index (χ1) is 11.2. The molecule has 1 aromatic rings. The van der Waals surface area contributed by atoms with E-state index >= 15 is 0 Å². The summed E-state index contributed by atoms with van der Waals surface area (Å²) in [6, 6.07) is 5.02. The molecule has 1 aromatic carbocycles. The smallest absolute Gasteiger partial charge is 0.330 e. The Hall–Kier alpha value is -2.28. The monoisotopic (exact) mass is 335 g/mol. The fourth-order valence-electron chi connectivity index (χ4n) is 2.25. The number of piperazine rings is 1. The average Bonchev–Trinajstić information content (AvgIpc) is 2.54. The molecule has 1 aliphatic rings. The van der Waals surface area contributed by atoms with E-state index in [-0.39, 0.29) is 11.9 Å². The van der Waals surface area contributed by atoms with Gasteiger partial charge in [0, 0.05) is 18.8 Å². The Morgan fingerprint density at radius 3 is 2.29 bits per heavy atom. The van der Waals surface area contributed by atoms with Gasteiger partial charge >= 0.3 is 5.97 Å². The highest BCUT2D eigenvalue weighted by Gasteiger charge is 2.29. The van der Waals surface area contributed by atoms with Gasteiger partial charge in [0.05, 0.1) is 31.2 Å². The third-order valence-electron chi connectivity index (χ3n) is 3.84. The number of ether oxygens (including phenoxy) is 1. The molecule has 0 aliphatic carbocycles. The molecule has 0 unspecified atom stereocenters. The molecule has 2 N–H and O–H groups in total. The minimum Gasteiger partial charge on any atom is -0.497 e. The van der Waals surface area contributed by atoms with E-state index in [0.29, 0.717) is 43.2 Å². The summed E-state index contributed by atoms with van der Waals surface area (Å²) in [4.78, 5) is 31.6. The van der Waals surface area contributed by atoms with Crippen LogP contribution in [-0.2, 0) is 9.63 Å². The Morgan fingerprint density at radius 2 is 1.75 bits per heavy atom. The van der Waals surface area contributed by atoms with Gasteiger partial charge in [-0.2, -0.15) is 0 Å². The molecule has 24 heavy (non-hydrogen) atoms. The zero-order valence-corrected chi connectivity index (χ0v) is 14.7. The molecule has 0 radical (unpaired) electrons. The van der Waals surface area contributed by atoms with Crippen LogP contribution in [0.3, 0.4) is 0 Å². The summed E-state index contributed by atoms with van der Waals surface area (Å²) in [7, 11) is 1.54. The first-order valence-electron chi connectivity index (χ1n) is 7.92. The van der Waals surface area contributed by atoms with E-state index in [1.807, 2.05) is 0 Å². The van der Waals surface area contributed by atoms with Crippen LogP contribution in [0.5, 0.6) is 5.75 Å². The molecule has 0 spiro atoms. The number of hydrogen-bond acceptors (Lipinski definition) is 6. The topological polar surface area (TPSA) is 85.1 Å². The van der Waals surface area contributed by atoms with Crippen molar-refractivity contribution in [3.63, 3.8) is 0 Å². The van der Waals surface area contributed by atoms with E-state index in [4.69, 9.17) is 15.3 Å². The lowest BCUT2D eigenvalue weighted by Crippen LogP contribution is -2.50. The lowest BCUT2D eigenvalue weighted by molar-refractivity contribution is -0.205. The van der Waals surface area contributed by atoms with E-state index in [9.17, 15) is 9.59 Å². The van der Waals surface area contributed by atoms with E-state index in [1.165, 1.54) is 0 Å². The maximum atomic E-state index is 12.6. The molecule has 0 saturated carbocycles. The van der Waals surface area contributed by atoms with Crippen molar-refractivity contribution < 1.29 is 19.2 Å². The third-order valence-corrected chi connectivity index (χ3v) is 3.84. The molecule has 1 fully saturated rings. The van der Waals surface area contributed by atoms with Crippen molar-refractivity contribution in [2.75, 3.05) is 39.0 Å². The minimum atomic E-state index is -0.554. The zero-order valence-electron chi connectivity index (χ0n) is 14.7. The maximum absolute atomic E-state index is 12.6. The van der Waals surface area contributed by atoms with Gasteiger partial charge in [-0.15, -0.1) is 5.06 Å². The number of nitrogens with two attached hydrogens (primary N) is 1. The summed E-state index contributed by atoms with van der Waals surface area (Å²) in [5.41, 5.74) is 6.20. The van der Waals surface area contributed by atoms with Crippen LogP contribution in [0.25, 0.3) is 0 Å². The normalized spacial score (nSPS) is 15.9. The van der Waals surface area contributed by atoms with Crippen LogP contribution in [-0.4, -0.2) is 55.1 Å². The van der Waals surface area contributed by atoms with Gasteiger partial charge in [0.15, 0.2) is 0 Å². The van der Waals surface area contributed by atoms with Gasteiger partial charge in [-0.25, -0.2) is 4.79 Å². The predicted molar refractivity (Wildman–Crippen MR) is 90.4 cm³/mol. The number of nitrogens with zero attached hydrogens (tertiary/aromatic N) is 2. The number of amides is 1. The van der Waals surface area contributed by atoms with E-state index < -0.39 is 5.41 Å². The molecule has 1 saturated heterocycles. The Labute approximate surface area is 142 Å². The van der Waals surface area contributed by atoms with E-state index in [1.54, 1.807) is 56.0 Å². The molecule has 1 aliphatic heterocycles. The second kappa shape index (κ2) is 7.09. The molecule has 0 aromatic heterocycles. The van der Waals surface area contributed by atoms with Crippen LogP contribution in [0.1, 0.15) is 31.1 Å². The first-order valence-corrected chi connectivity index (χ1v) is 7.92. The fraction of sp³-hybridized carbons (Fsp3) is 0.529. The molecule has 7 heteroatoms. The Kier molecular flexibility index (Phi) is 5.33. The summed E-state index contributed by atoms with van der Waals surface area (Å²) < 4.78 is 5.15. The number of carbonyl (C=O) groups is 2. The van der Waals surface area contributed by atoms with Gasteiger partial charge < -0.3 is 20.2 Å². The number of hydroxylamine groups is 2. The third kappa shape index (κ3) is 4.17. The van der Waals surface area contributed by atoms with Crippen molar-refractivity contribution in [2.45, 2.75) is 20.8 Å². The van der Waals surface area contributed by atoms with Crippen molar-refractivity contribution in [1.82, 2.24) is 9.96 Å². The molecule has 0 atom stereocenters. The molecular formula is C17H25N3O4. The number of nitrogen functional groups attached to an aromatic ring is 1. The number of benzene rings is 1. The first kappa shape index (κ1) is 18.1. The van der Waals surface area contributed by atoms with Crippen molar-refractivity contribution in [3.05, 3.63) is 23.8 Å². The van der Waals surface area contributed by atoms with Crippen LogP contribution < -0.4 is 10.5 Å². The highest BCUT2D eigenvalue weighted by Crippen LogP contribution is 2.22. The van der Waals surface area contributed by atoms with Gasteiger partial charge in [-0.3, -0.25) is 4.79 Å². The minimum absolute atomic E-state index is 0.145. The number of hydrogen-bond donors (Lipinski definition) is 1. The predicted octanol–water partition coefficient (Wildman–Crippen LogP) is 1.54. The molecule has 2 rings (SSSR count). The molecule has 0 bridgehead atoms. The molecule has 132 valence electrons. The van der Waals surface area contributed by atoms with Gasteiger partial charge in [0.2, 0.25) is 0 Å². The van der Waals surface area contributed by atoms with Crippen LogP contribution in [0, 0.1) is 5.41 Å². The summed E-state index contributed by atoms with van der Waals surface area (Å²) >= 11 is 0. The zero-order chi connectivity index (χ0) is 17.9. The fourth-order valence-corrected chi connectivity index (χ4v) is 2.25. The quantitative estimate of drug-likeness (QED) is 0.844. The Balaban J connectivity index is 1.97.